The summed E-state index contributed by atoms with van der Waals surface area (Å²) in [6.07, 6.45) is 3.55. The summed E-state index contributed by atoms with van der Waals surface area (Å²) in [5, 5.41) is 3.64. The first-order valence-electron chi connectivity index (χ1n) is 6.55. The van der Waals surface area contributed by atoms with Gasteiger partial charge in [-0.3, -0.25) is 0 Å². The van der Waals surface area contributed by atoms with Crippen molar-refractivity contribution in [1.29, 1.82) is 0 Å². The van der Waals surface area contributed by atoms with E-state index in [1.807, 2.05) is 19.9 Å². The van der Waals surface area contributed by atoms with Gasteiger partial charge in [-0.25, -0.2) is 4.98 Å². The molecule has 0 bridgehead atoms. The Hall–Kier alpha value is -1.03. The number of rotatable bonds is 5. The highest BCUT2D eigenvalue weighted by atomic mass is 35.5. The number of halogens is 1. The molecule has 2 atom stereocenters. The number of ether oxygens (including phenoxy) is 1. The molecule has 1 N–H and O–H groups in total. The number of hydrogen-bond donors (Lipinski definition) is 1. The van der Waals surface area contributed by atoms with Gasteiger partial charge in [-0.05, 0) is 32.6 Å². The summed E-state index contributed by atoms with van der Waals surface area (Å²) in [6, 6.07) is 1.84. The lowest BCUT2D eigenvalue weighted by atomic mass is 10.1. The molecule has 0 amide bonds. The molecule has 1 heterocycles. The van der Waals surface area contributed by atoms with Crippen molar-refractivity contribution < 1.29 is 4.74 Å². The highest BCUT2D eigenvalue weighted by molar-refractivity contribution is 6.20. The van der Waals surface area contributed by atoms with E-state index in [0.717, 1.165) is 24.6 Å². The van der Waals surface area contributed by atoms with Crippen LogP contribution in [0.3, 0.4) is 0 Å². The minimum Gasteiger partial charge on any atom is -0.478 e. The molecule has 1 aliphatic carbocycles. The molecule has 18 heavy (non-hydrogen) atoms. The Morgan fingerprint density at radius 3 is 2.94 bits per heavy atom. The summed E-state index contributed by atoms with van der Waals surface area (Å²) >= 11 is 6.26. The number of hydrogen-bond acceptors (Lipinski definition) is 4. The van der Waals surface area contributed by atoms with E-state index in [4.69, 9.17) is 16.3 Å². The molecule has 100 valence electrons. The van der Waals surface area contributed by atoms with Crippen LogP contribution in [0.25, 0.3) is 0 Å². The van der Waals surface area contributed by atoms with Crippen LogP contribution in [0.4, 0.5) is 5.82 Å². The fourth-order valence-electron chi connectivity index (χ4n) is 2.31. The van der Waals surface area contributed by atoms with Crippen molar-refractivity contribution in [2.24, 2.45) is 5.92 Å². The van der Waals surface area contributed by atoms with Crippen LogP contribution in [0, 0.1) is 12.8 Å². The lowest BCUT2D eigenvalue weighted by molar-refractivity contribution is 0.325. The normalized spacial score (nSPS) is 23.1. The van der Waals surface area contributed by atoms with Crippen LogP contribution >= 0.6 is 11.6 Å². The Morgan fingerprint density at radius 2 is 2.28 bits per heavy atom. The van der Waals surface area contributed by atoms with E-state index in [9.17, 15) is 0 Å². The van der Waals surface area contributed by atoms with Crippen LogP contribution in [0.5, 0.6) is 5.88 Å². The molecule has 0 aliphatic heterocycles. The van der Waals surface area contributed by atoms with Crippen molar-refractivity contribution >= 4 is 17.4 Å². The average Bonchev–Trinajstić information content (AvgIpc) is 2.72. The predicted molar refractivity (Wildman–Crippen MR) is 73.4 cm³/mol. The van der Waals surface area contributed by atoms with Gasteiger partial charge in [0.05, 0.1) is 6.61 Å². The minimum atomic E-state index is 0.298. The molecular weight excluding hydrogens is 250 g/mol. The van der Waals surface area contributed by atoms with E-state index < -0.39 is 0 Å². The third-order valence-electron chi connectivity index (χ3n) is 3.22. The molecule has 5 heteroatoms. The monoisotopic (exact) mass is 269 g/mol. The standard InChI is InChI=1S/C13H20ClN3O/c1-3-18-13-7-12(16-9(2)17-13)15-8-10-5-4-6-11(10)14/h7,10-11H,3-6,8H2,1-2H3,(H,15,16,17). The quantitative estimate of drug-likeness (QED) is 0.835. The number of aromatic nitrogens is 2. The maximum absolute atomic E-state index is 6.26. The molecule has 1 saturated carbocycles. The van der Waals surface area contributed by atoms with Gasteiger partial charge in [-0.15, -0.1) is 11.6 Å². The lowest BCUT2D eigenvalue weighted by Crippen LogP contribution is -2.19. The molecule has 2 rings (SSSR count). The second-order valence-electron chi connectivity index (χ2n) is 4.66. The molecular formula is C13H20ClN3O. The summed E-state index contributed by atoms with van der Waals surface area (Å²) in [5.41, 5.74) is 0. The van der Waals surface area contributed by atoms with Gasteiger partial charge in [-0.1, -0.05) is 6.42 Å². The zero-order valence-electron chi connectivity index (χ0n) is 10.9. The predicted octanol–water partition coefficient (Wildman–Crippen LogP) is 3.00. The van der Waals surface area contributed by atoms with Crippen LogP contribution in [0.1, 0.15) is 32.0 Å². The van der Waals surface area contributed by atoms with E-state index in [1.165, 1.54) is 12.8 Å². The molecule has 1 aromatic heterocycles. The zero-order chi connectivity index (χ0) is 13.0. The van der Waals surface area contributed by atoms with Crippen LogP contribution in [-0.2, 0) is 0 Å². The zero-order valence-corrected chi connectivity index (χ0v) is 11.7. The summed E-state index contributed by atoms with van der Waals surface area (Å²) in [5.74, 6) is 2.71. The van der Waals surface area contributed by atoms with Crippen LogP contribution in [0.2, 0.25) is 0 Å². The van der Waals surface area contributed by atoms with Gasteiger partial charge >= 0.3 is 0 Å². The average molecular weight is 270 g/mol. The Kier molecular flexibility index (Phi) is 4.64. The van der Waals surface area contributed by atoms with Gasteiger partial charge in [0.2, 0.25) is 5.88 Å². The van der Waals surface area contributed by atoms with Gasteiger partial charge in [0, 0.05) is 18.0 Å². The van der Waals surface area contributed by atoms with Crippen LogP contribution in [0.15, 0.2) is 6.07 Å². The molecule has 1 aromatic rings. The van der Waals surface area contributed by atoms with Crippen LogP contribution in [-0.4, -0.2) is 28.5 Å². The molecule has 4 nitrogen and oxygen atoms in total. The Balaban J connectivity index is 1.95. The summed E-state index contributed by atoms with van der Waals surface area (Å²) in [6.45, 7) is 5.30. The smallest absolute Gasteiger partial charge is 0.218 e. The minimum absolute atomic E-state index is 0.298. The summed E-state index contributed by atoms with van der Waals surface area (Å²) < 4.78 is 5.40. The SMILES string of the molecule is CCOc1cc(NCC2CCCC2Cl)nc(C)n1. The largest absolute Gasteiger partial charge is 0.478 e. The molecule has 0 spiro atoms. The number of aryl methyl sites for hydroxylation is 1. The maximum Gasteiger partial charge on any atom is 0.218 e. The van der Waals surface area contributed by atoms with Crippen molar-refractivity contribution in [3.63, 3.8) is 0 Å². The van der Waals surface area contributed by atoms with Gasteiger partial charge in [0.15, 0.2) is 0 Å². The summed E-state index contributed by atoms with van der Waals surface area (Å²) in [4.78, 5) is 8.58. The van der Waals surface area contributed by atoms with Crippen molar-refractivity contribution in [2.45, 2.75) is 38.5 Å². The third-order valence-corrected chi connectivity index (χ3v) is 3.79. The molecule has 0 aromatic carbocycles. The fourth-order valence-corrected chi connectivity index (χ4v) is 2.68. The third kappa shape index (κ3) is 3.48. The van der Waals surface area contributed by atoms with Crippen molar-refractivity contribution in [3.05, 3.63) is 11.9 Å². The fraction of sp³-hybridized carbons (Fsp3) is 0.692. The molecule has 0 saturated heterocycles. The molecule has 2 unspecified atom stereocenters. The number of alkyl halides is 1. The first-order valence-corrected chi connectivity index (χ1v) is 6.99. The number of anilines is 1. The number of nitrogens with one attached hydrogen (secondary N) is 1. The van der Waals surface area contributed by atoms with Gasteiger partial charge in [0.1, 0.15) is 11.6 Å². The van der Waals surface area contributed by atoms with E-state index in [-0.39, 0.29) is 0 Å². The van der Waals surface area contributed by atoms with E-state index in [2.05, 4.69) is 15.3 Å². The maximum atomic E-state index is 6.26. The van der Waals surface area contributed by atoms with Gasteiger partial charge in [-0.2, -0.15) is 4.98 Å². The van der Waals surface area contributed by atoms with E-state index in [1.54, 1.807) is 0 Å². The second-order valence-corrected chi connectivity index (χ2v) is 5.22. The van der Waals surface area contributed by atoms with Crippen molar-refractivity contribution in [2.75, 3.05) is 18.5 Å². The van der Waals surface area contributed by atoms with Gasteiger partial charge in [0.25, 0.3) is 0 Å². The highest BCUT2D eigenvalue weighted by Gasteiger charge is 2.24. The van der Waals surface area contributed by atoms with Gasteiger partial charge < -0.3 is 10.1 Å². The lowest BCUT2D eigenvalue weighted by Gasteiger charge is -2.15. The summed E-state index contributed by atoms with van der Waals surface area (Å²) in [7, 11) is 0. The Morgan fingerprint density at radius 1 is 1.44 bits per heavy atom. The second kappa shape index (κ2) is 6.23. The number of nitrogens with zero attached hydrogens (tertiary/aromatic N) is 2. The Labute approximate surface area is 113 Å². The topological polar surface area (TPSA) is 47.0 Å². The van der Waals surface area contributed by atoms with E-state index >= 15 is 0 Å². The van der Waals surface area contributed by atoms with Crippen molar-refractivity contribution in [1.82, 2.24) is 9.97 Å². The molecule has 0 radical (unpaired) electrons. The van der Waals surface area contributed by atoms with Crippen molar-refractivity contribution in [3.8, 4) is 5.88 Å². The first kappa shape index (κ1) is 13.4. The highest BCUT2D eigenvalue weighted by Crippen LogP contribution is 2.30. The Bertz CT molecular complexity index is 400. The first-order chi connectivity index (χ1) is 8.69. The van der Waals surface area contributed by atoms with E-state index in [0.29, 0.717) is 23.8 Å². The molecule has 1 aliphatic rings. The molecule has 1 fully saturated rings. The van der Waals surface area contributed by atoms with Crippen LogP contribution < -0.4 is 10.1 Å².